The fraction of sp³-hybridized carbons (Fsp3) is 0.286. The Kier molecular flexibility index (Phi) is 6.87. The lowest BCUT2D eigenvalue weighted by Gasteiger charge is -2.22. The van der Waals surface area contributed by atoms with Crippen molar-refractivity contribution in [2.45, 2.75) is 26.8 Å². The Morgan fingerprint density at radius 2 is 1.75 bits per heavy atom. The van der Waals surface area contributed by atoms with Gasteiger partial charge in [0.05, 0.1) is 18.2 Å². The van der Waals surface area contributed by atoms with E-state index in [1.807, 2.05) is 0 Å². The summed E-state index contributed by atoms with van der Waals surface area (Å²) in [5.74, 6) is -2.46. The van der Waals surface area contributed by atoms with Crippen molar-refractivity contribution in [1.82, 2.24) is 5.32 Å². The molecule has 2 aromatic rings. The molecule has 2 N–H and O–H groups in total. The van der Waals surface area contributed by atoms with Crippen LogP contribution >= 0.6 is 0 Å². The number of nitrogens with one attached hydrogen (secondary N) is 2. The van der Waals surface area contributed by atoms with Crippen molar-refractivity contribution in [3.63, 3.8) is 0 Å². The van der Waals surface area contributed by atoms with Gasteiger partial charge in [0.25, 0.3) is 5.91 Å². The van der Waals surface area contributed by atoms with E-state index in [1.165, 1.54) is 31.4 Å². The Morgan fingerprint density at radius 1 is 1.07 bits per heavy atom. The number of esters is 1. The Hall–Kier alpha value is -3.22. The first-order valence-electron chi connectivity index (χ1n) is 8.79. The van der Waals surface area contributed by atoms with Crippen molar-refractivity contribution in [2.24, 2.45) is 5.92 Å². The molecular weight excluding hydrogens is 363 g/mol. The fourth-order valence-corrected chi connectivity index (χ4v) is 2.66. The van der Waals surface area contributed by atoms with E-state index in [4.69, 9.17) is 0 Å². The number of hydrogen-bond donors (Lipinski definition) is 2. The van der Waals surface area contributed by atoms with E-state index in [2.05, 4.69) is 15.4 Å². The molecule has 0 aromatic heterocycles. The highest BCUT2D eigenvalue weighted by atomic mass is 19.1. The average Bonchev–Trinajstić information content (AvgIpc) is 2.66. The van der Waals surface area contributed by atoms with Crippen LogP contribution in [0.1, 0.15) is 40.1 Å². The second-order valence-electron chi connectivity index (χ2n) is 6.69. The Morgan fingerprint density at radius 3 is 2.32 bits per heavy atom. The summed E-state index contributed by atoms with van der Waals surface area (Å²) in [6.07, 6.45) is 0. The molecule has 0 radical (unpaired) electrons. The van der Waals surface area contributed by atoms with Crippen LogP contribution in [0.15, 0.2) is 42.5 Å². The third kappa shape index (κ3) is 4.94. The number of anilines is 1. The van der Waals surface area contributed by atoms with E-state index in [1.54, 1.807) is 39.0 Å². The molecule has 0 spiro atoms. The first kappa shape index (κ1) is 21.1. The minimum absolute atomic E-state index is 0.125. The maximum Gasteiger partial charge on any atom is 0.337 e. The van der Waals surface area contributed by atoms with E-state index >= 15 is 0 Å². The third-order valence-corrected chi connectivity index (χ3v) is 4.26. The maximum atomic E-state index is 13.8. The quantitative estimate of drug-likeness (QED) is 0.746. The monoisotopic (exact) mass is 386 g/mol. The molecule has 6 nitrogen and oxygen atoms in total. The number of rotatable bonds is 6. The minimum Gasteiger partial charge on any atom is -0.465 e. The lowest BCUT2D eigenvalue weighted by Crippen LogP contribution is -2.47. The van der Waals surface area contributed by atoms with E-state index in [9.17, 15) is 18.8 Å². The van der Waals surface area contributed by atoms with Gasteiger partial charge in [-0.2, -0.15) is 0 Å². The van der Waals surface area contributed by atoms with E-state index in [-0.39, 0.29) is 11.5 Å². The maximum absolute atomic E-state index is 13.8. The standard InChI is InChI=1S/C21H23FN2O4/c1-12(2)18(24-19(25)15-7-5-6-8-16(15)22)20(26)23-17-10-9-14(11-13(17)3)21(27)28-4/h5-12,18H,1-4H3,(H,23,26)(H,24,25). The molecule has 148 valence electrons. The molecular formula is C21H23FN2O4. The van der Waals surface area contributed by atoms with Gasteiger partial charge in [-0.05, 0) is 48.7 Å². The van der Waals surface area contributed by atoms with Crippen molar-refractivity contribution in [3.8, 4) is 0 Å². The topological polar surface area (TPSA) is 84.5 Å². The molecule has 28 heavy (non-hydrogen) atoms. The summed E-state index contributed by atoms with van der Waals surface area (Å²) < 4.78 is 18.5. The predicted octanol–water partition coefficient (Wildman–Crippen LogP) is 3.31. The van der Waals surface area contributed by atoms with Crippen LogP contribution in [0.4, 0.5) is 10.1 Å². The van der Waals surface area contributed by atoms with Gasteiger partial charge in [0.1, 0.15) is 11.9 Å². The molecule has 0 fully saturated rings. The van der Waals surface area contributed by atoms with Gasteiger partial charge in [-0.1, -0.05) is 26.0 Å². The number of methoxy groups -OCH3 is 1. The normalized spacial score (nSPS) is 11.6. The third-order valence-electron chi connectivity index (χ3n) is 4.26. The molecule has 0 aliphatic rings. The highest BCUT2D eigenvalue weighted by Gasteiger charge is 2.26. The van der Waals surface area contributed by atoms with Gasteiger partial charge < -0.3 is 15.4 Å². The second kappa shape index (κ2) is 9.12. The Balaban J connectivity index is 2.16. The van der Waals surface area contributed by atoms with Crippen LogP contribution in [0.5, 0.6) is 0 Å². The largest absolute Gasteiger partial charge is 0.465 e. The summed E-state index contributed by atoms with van der Waals surface area (Å²) >= 11 is 0. The zero-order valence-corrected chi connectivity index (χ0v) is 16.2. The molecule has 0 saturated heterocycles. The summed E-state index contributed by atoms with van der Waals surface area (Å²) in [6, 6.07) is 9.44. The van der Waals surface area contributed by atoms with Crippen LogP contribution in [0.25, 0.3) is 0 Å². The zero-order valence-electron chi connectivity index (χ0n) is 16.2. The molecule has 1 unspecified atom stereocenters. The molecule has 0 aliphatic carbocycles. The number of ether oxygens (including phenoxy) is 1. The van der Waals surface area contributed by atoms with E-state index in [0.717, 1.165) is 0 Å². The second-order valence-corrected chi connectivity index (χ2v) is 6.69. The molecule has 0 bridgehead atoms. The minimum atomic E-state index is -0.869. The van der Waals surface area contributed by atoms with Crippen molar-refractivity contribution in [2.75, 3.05) is 12.4 Å². The number of carbonyl (C=O) groups excluding carboxylic acids is 3. The molecule has 7 heteroatoms. The SMILES string of the molecule is COC(=O)c1ccc(NC(=O)C(NC(=O)c2ccccc2F)C(C)C)c(C)c1. The van der Waals surface area contributed by atoms with Crippen molar-refractivity contribution in [1.29, 1.82) is 0 Å². The van der Waals surface area contributed by atoms with Crippen LogP contribution in [-0.4, -0.2) is 30.9 Å². The van der Waals surface area contributed by atoms with Crippen LogP contribution in [0.2, 0.25) is 0 Å². The van der Waals surface area contributed by atoms with Crippen molar-refractivity contribution < 1.29 is 23.5 Å². The lowest BCUT2D eigenvalue weighted by molar-refractivity contribution is -0.118. The summed E-state index contributed by atoms with van der Waals surface area (Å²) in [7, 11) is 1.29. The molecule has 2 rings (SSSR count). The average molecular weight is 386 g/mol. The highest BCUT2D eigenvalue weighted by molar-refractivity contribution is 6.02. The Labute approximate surface area is 163 Å². The van der Waals surface area contributed by atoms with Crippen LogP contribution in [-0.2, 0) is 9.53 Å². The van der Waals surface area contributed by atoms with Crippen LogP contribution in [0, 0.1) is 18.7 Å². The molecule has 0 saturated carbocycles. The predicted molar refractivity (Wildman–Crippen MR) is 104 cm³/mol. The first-order valence-corrected chi connectivity index (χ1v) is 8.79. The zero-order chi connectivity index (χ0) is 20.8. The van der Waals surface area contributed by atoms with Crippen molar-refractivity contribution >= 4 is 23.5 Å². The van der Waals surface area contributed by atoms with Gasteiger partial charge in [-0.3, -0.25) is 9.59 Å². The van der Waals surface area contributed by atoms with Gasteiger partial charge in [0, 0.05) is 5.69 Å². The van der Waals surface area contributed by atoms with Crippen LogP contribution in [0.3, 0.4) is 0 Å². The summed E-state index contributed by atoms with van der Waals surface area (Å²) in [5, 5.41) is 5.33. The molecule has 2 aromatic carbocycles. The number of amides is 2. The van der Waals surface area contributed by atoms with E-state index in [0.29, 0.717) is 16.8 Å². The smallest absolute Gasteiger partial charge is 0.337 e. The summed E-state index contributed by atoms with van der Waals surface area (Å²) in [5.41, 5.74) is 1.41. The van der Waals surface area contributed by atoms with E-state index < -0.39 is 29.6 Å². The number of aryl methyl sites for hydroxylation is 1. The number of benzene rings is 2. The molecule has 2 amide bonds. The van der Waals surface area contributed by atoms with Crippen LogP contribution < -0.4 is 10.6 Å². The van der Waals surface area contributed by atoms with Gasteiger partial charge in [-0.25, -0.2) is 9.18 Å². The Bertz CT molecular complexity index is 896. The number of carbonyl (C=O) groups is 3. The lowest BCUT2D eigenvalue weighted by atomic mass is 10.0. The summed E-state index contributed by atoms with van der Waals surface area (Å²) in [6.45, 7) is 5.29. The molecule has 0 heterocycles. The highest BCUT2D eigenvalue weighted by Crippen LogP contribution is 2.18. The summed E-state index contributed by atoms with van der Waals surface area (Å²) in [4.78, 5) is 36.7. The van der Waals surface area contributed by atoms with Crippen molar-refractivity contribution in [3.05, 3.63) is 65.0 Å². The van der Waals surface area contributed by atoms with Gasteiger partial charge >= 0.3 is 5.97 Å². The first-order chi connectivity index (χ1) is 13.2. The van der Waals surface area contributed by atoms with Gasteiger partial charge in [0.15, 0.2) is 0 Å². The molecule has 1 atom stereocenters. The number of halogens is 1. The number of hydrogen-bond acceptors (Lipinski definition) is 4. The fourth-order valence-electron chi connectivity index (χ4n) is 2.66. The van der Waals surface area contributed by atoms with Gasteiger partial charge in [0.2, 0.25) is 5.91 Å². The van der Waals surface area contributed by atoms with Gasteiger partial charge in [-0.15, -0.1) is 0 Å². The molecule has 0 aliphatic heterocycles.